The number of aromatic nitrogens is 2. The number of thioether (sulfide) groups is 1. The molecule has 0 spiro atoms. The second-order valence-electron chi connectivity index (χ2n) is 5.18. The Morgan fingerprint density at radius 3 is 2.72 bits per heavy atom. The maximum absolute atomic E-state index is 12.9. The van der Waals surface area contributed by atoms with Gasteiger partial charge in [0.1, 0.15) is 5.82 Å². The van der Waals surface area contributed by atoms with Crippen LogP contribution in [0.3, 0.4) is 0 Å². The Morgan fingerprint density at radius 2 is 2.00 bits per heavy atom. The predicted molar refractivity (Wildman–Crippen MR) is 95.2 cm³/mol. The van der Waals surface area contributed by atoms with Crippen LogP contribution in [0.1, 0.15) is 5.56 Å². The number of aryl methyl sites for hydroxylation is 1. The summed E-state index contributed by atoms with van der Waals surface area (Å²) in [6, 6.07) is 11.0. The smallest absolute Gasteiger partial charge is 0.277 e. The lowest BCUT2D eigenvalue weighted by Gasteiger charge is -2.07. The molecule has 2 aromatic carbocycles. The highest BCUT2D eigenvalue weighted by molar-refractivity contribution is 7.99. The summed E-state index contributed by atoms with van der Waals surface area (Å²) in [7, 11) is 0. The Balaban J connectivity index is 1.58. The van der Waals surface area contributed by atoms with E-state index in [1.807, 2.05) is 6.92 Å². The number of carbonyl (C=O) groups excluding carboxylic acids is 1. The summed E-state index contributed by atoms with van der Waals surface area (Å²) in [5, 5.41) is 11.5. The second-order valence-corrected chi connectivity index (χ2v) is 6.54. The monoisotopic (exact) mass is 377 g/mol. The normalized spacial score (nSPS) is 10.7. The molecule has 1 N–H and O–H groups in total. The summed E-state index contributed by atoms with van der Waals surface area (Å²) in [6.07, 6.45) is 0. The molecule has 0 bridgehead atoms. The molecule has 25 heavy (non-hydrogen) atoms. The molecule has 0 atom stereocenters. The van der Waals surface area contributed by atoms with Crippen molar-refractivity contribution in [3.8, 4) is 11.5 Å². The fourth-order valence-electron chi connectivity index (χ4n) is 2.06. The number of amides is 1. The van der Waals surface area contributed by atoms with Crippen molar-refractivity contribution in [3.63, 3.8) is 0 Å². The lowest BCUT2D eigenvalue weighted by atomic mass is 10.2. The Morgan fingerprint density at radius 1 is 1.24 bits per heavy atom. The number of hydrogen-bond donors (Lipinski definition) is 1. The number of carbonyl (C=O) groups is 1. The van der Waals surface area contributed by atoms with Crippen LogP contribution in [0.25, 0.3) is 11.5 Å². The molecule has 0 saturated heterocycles. The maximum Gasteiger partial charge on any atom is 0.277 e. The van der Waals surface area contributed by atoms with Gasteiger partial charge in [0.25, 0.3) is 5.22 Å². The molecule has 1 heterocycles. The highest BCUT2D eigenvalue weighted by Gasteiger charge is 2.12. The molecule has 0 fully saturated rings. The first-order valence-electron chi connectivity index (χ1n) is 7.29. The van der Waals surface area contributed by atoms with E-state index < -0.39 is 0 Å². The van der Waals surface area contributed by atoms with Gasteiger partial charge in [-0.25, -0.2) is 4.39 Å². The van der Waals surface area contributed by atoms with E-state index in [-0.39, 0.29) is 28.6 Å². The summed E-state index contributed by atoms with van der Waals surface area (Å²) < 4.78 is 18.4. The molecule has 128 valence electrons. The van der Waals surface area contributed by atoms with Crippen LogP contribution in [0.5, 0.6) is 0 Å². The summed E-state index contributed by atoms with van der Waals surface area (Å²) in [6.45, 7) is 1.86. The lowest BCUT2D eigenvalue weighted by Crippen LogP contribution is -2.14. The highest BCUT2D eigenvalue weighted by Crippen LogP contribution is 2.24. The van der Waals surface area contributed by atoms with E-state index in [1.165, 1.54) is 12.1 Å². The van der Waals surface area contributed by atoms with Crippen LogP contribution in [0.2, 0.25) is 5.02 Å². The van der Waals surface area contributed by atoms with Crippen molar-refractivity contribution in [2.24, 2.45) is 0 Å². The Labute approximate surface area is 152 Å². The third-order valence-corrected chi connectivity index (χ3v) is 4.34. The van der Waals surface area contributed by atoms with Gasteiger partial charge in [0.15, 0.2) is 0 Å². The van der Waals surface area contributed by atoms with Crippen LogP contribution in [0.4, 0.5) is 10.1 Å². The molecule has 0 unspecified atom stereocenters. The van der Waals surface area contributed by atoms with Crippen molar-refractivity contribution in [2.45, 2.75) is 12.1 Å². The minimum atomic E-state index is -0.341. The van der Waals surface area contributed by atoms with Crippen LogP contribution in [0.15, 0.2) is 52.1 Å². The molecular formula is C17H13ClFN3O2S. The van der Waals surface area contributed by atoms with Gasteiger partial charge in [-0.3, -0.25) is 4.79 Å². The molecular weight excluding hydrogens is 365 g/mol. The predicted octanol–water partition coefficient (Wildman–Crippen LogP) is 4.57. The molecule has 3 rings (SSSR count). The third kappa shape index (κ3) is 4.58. The van der Waals surface area contributed by atoms with E-state index in [2.05, 4.69) is 15.5 Å². The van der Waals surface area contributed by atoms with Crippen molar-refractivity contribution in [1.29, 1.82) is 0 Å². The Hall–Kier alpha value is -2.38. The van der Waals surface area contributed by atoms with Gasteiger partial charge in [-0.2, -0.15) is 0 Å². The van der Waals surface area contributed by atoms with Crippen molar-refractivity contribution in [1.82, 2.24) is 10.2 Å². The van der Waals surface area contributed by atoms with E-state index >= 15 is 0 Å². The molecule has 8 heteroatoms. The van der Waals surface area contributed by atoms with Crippen LogP contribution in [0, 0.1) is 12.7 Å². The molecule has 1 amide bonds. The summed E-state index contributed by atoms with van der Waals surface area (Å²) >= 11 is 7.01. The Bertz CT molecular complexity index is 899. The molecule has 0 saturated carbocycles. The number of hydrogen-bond acceptors (Lipinski definition) is 5. The summed E-state index contributed by atoms with van der Waals surface area (Å²) in [5.74, 6) is -0.145. The molecule has 1 aromatic heterocycles. The maximum atomic E-state index is 12.9. The zero-order valence-corrected chi connectivity index (χ0v) is 14.7. The lowest BCUT2D eigenvalue weighted by molar-refractivity contribution is -0.113. The first-order valence-corrected chi connectivity index (χ1v) is 8.66. The number of halogens is 2. The first-order chi connectivity index (χ1) is 12.0. The molecule has 0 aliphatic rings. The number of nitrogens with zero attached hydrogens (tertiary/aromatic N) is 2. The highest BCUT2D eigenvalue weighted by atomic mass is 35.5. The minimum Gasteiger partial charge on any atom is -0.411 e. The van der Waals surface area contributed by atoms with E-state index in [0.717, 1.165) is 17.3 Å². The van der Waals surface area contributed by atoms with Gasteiger partial charge in [0.05, 0.1) is 5.75 Å². The average Bonchev–Trinajstić information content (AvgIpc) is 3.05. The minimum absolute atomic E-state index is 0.118. The standard InChI is InChI=1S/C17H13ClFN3O2S/c1-10-8-12(18)4-7-14(10)20-15(23)9-25-17-22-21-16(24-17)11-2-5-13(19)6-3-11/h2-8H,9H2,1H3,(H,20,23). The zero-order valence-electron chi connectivity index (χ0n) is 13.1. The molecule has 0 aliphatic heterocycles. The van der Waals surface area contributed by atoms with Crippen molar-refractivity contribution >= 4 is 35.0 Å². The van der Waals surface area contributed by atoms with E-state index in [9.17, 15) is 9.18 Å². The van der Waals surface area contributed by atoms with Crippen molar-refractivity contribution in [3.05, 3.63) is 58.9 Å². The van der Waals surface area contributed by atoms with Gasteiger partial charge < -0.3 is 9.73 Å². The summed E-state index contributed by atoms with van der Waals surface area (Å²) in [4.78, 5) is 12.0. The largest absolute Gasteiger partial charge is 0.411 e. The number of anilines is 1. The fourth-order valence-corrected chi connectivity index (χ4v) is 2.85. The van der Waals surface area contributed by atoms with Gasteiger partial charge in [0.2, 0.25) is 11.8 Å². The van der Waals surface area contributed by atoms with Gasteiger partial charge in [-0.15, -0.1) is 10.2 Å². The fraction of sp³-hybridized carbons (Fsp3) is 0.118. The second kappa shape index (κ2) is 7.67. The Kier molecular flexibility index (Phi) is 5.35. The van der Waals surface area contributed by atoms with Crippen molar-refractivity contribution < 1.29 is 13.6 Å². The molecule has 0 aliphatic carbocycles. The number of nitrogens with one attached hydrogen (secondary N) is 1. The van der Waals surface area contributed by atoms with Crippen LogP contribution in [-0.4, -0.2) is 21.9 Å². The van der Waals surface area contributed by atoms with E-state index in [4.69, 9.17) is 16.0 Å². The molecule has 3 aromatic rings. The van der Waals surface area contributed by atoms with Crippen LogP contribution < -0.4 is 5.32 Å². The van der Waals surface area contributed by atoms with E-state index in [1.54, 1.807) is 30.3 Å². The van der Waals surface area contributed by atoms with E-state index in [0.29, 0.717) is 16.3 Å². The topological polar surface area (TPSA) is 68.0 Å². The van der Waals surface area contributed by atoms with Gasteiger partial charge in [-0.05, 0) is 55.0 Å². The SMILES string of the molecule is Cc1cc(Cl)ccc1NC(=O)CSc1nnc(-c2ccc(F)cc2)o1. The molecule has 0 radical (unpaired) electrons. The summed E-state index contributed by atoms with van der Waals surface area (Å²) in [5.41, 5.74) is 2.19. The number of benzene rings is 2. The van der Waals surface area contributed by atoms with Crippen LogP contribution >= 0.6 is 23.4 Å². The van der Waals surface area contributed by atoms with Gasteiger partial charge >= 0.3 is 0 Å². The third-order valence-electron chi connectivity index (χ3n) is 3.29. The van der Waals surface area contributed by atoms with Gasteiger partial charge in [-0.1, -0.05) is 23.4 Å². The first kappa shape index (κ1) is 17.4. The van der Waals surface area contributed by atoms with Crippen molar-refractivity contribution in [2.75, 3.05) is 11.1 Å². The quantitative estimate of drug-likeness (QED) is 0.660. The zero-order chi connectivity index (χ0) is 17.8. The van der Waals surface area contributed by atoms with Crippen LogP contribution in [-0.2, 0) is 4.79 Å². The average molecular weight is 378 g/mol. The number of rotatable bonds is 5. The molecule has 5 nitrogen and oxygen atoms in total. The van der Waals surface area contributed by atoms with Gasteiger partial charge in [0, 0.05) is 16.3 Å².